The second kappa shape index (κ2) is 4.22. The summed E-state index contributed by atoms with van der Waals surface area (Å²) in [6.45, 7) is 0. The SMILES string of the molecule is Brc1ccc2c(c1)c1ccsc1n2-c1ccccc1. The van der Waals surface area contributed by atoms with Gasteiger partial charge in [-0.3, -0.25) is 0 Å². The van der Waals surface area contributed by atoms with Crippen molar-refractivity contribution in [3.63, 3.8) is 0 Å². The van der Waals surface area contributed by atoms with E-state index in [9.17, 15) is 0 Å². The number of benzene rings is 2. The lowest BCUT2D eigenvalue weighted by Gasteiger charge is -2.06. The molecule has 1 nitrogen and oxygen atoms in total. The summed E-state index contributed by atoms with van der Waals surface area (Å²) in [6, 6.07) is 19.2. The van der Waals surface area contributed by atoms with Gasteiger partial charge in [0.2, 0.25) is 0 Å². The number of thiophene rings is 1. The third-order valence-corrected chi connectivity index (χ3v) is 4.74. The van der Waals surface area contributed by atoms with E-state index in [1.54, 1.807) is 11.3 Å². The van der Waals surface area contributed by atoms with Crippen LogP contribution < -0.4 is 0 Å². The number of para-hydroxylation sites is 1. The van der Waals surface area contributed by atoms with Crippen LogP contribution in [0.4, 0.5) is 0 Å². The Balaban J connectivity index is 2.20. The van der Waals surface area contributed by atoms with E-state index < -0.39 is 0 Å². The van der Waals surface area contributed by atoms with E-state index in [1.807, 2.05) is 0 Å². The zero-order valence-electron chi connectivity index (χ0n) is 10.0. The van der Waals surface area contributed by atoms with Crippen molar-refractivity contribution in [2.24, 2.45) is 0 Å². The summed E-state index contributed by atoms with van der Waals surface area (Å²) in [5.41, 5.74) is 2.48. The average Bonchev–Trinajstić information content (AvgIpc) is 3.00. The average molecular weight is 328 g/mol. The molecule has 0 spiro atoms. The molecule has 2 aromatic carbocycles. The van der Waals surface area contributed by atoms with Gasteiger partial charge in [0.05, 0.1) is 5.52 Å². The fraction of sp³-hybridized carbons (Fsp3) is 0. The number of fused-ring (bicyclic) bond motifs is 3. The van der Waals surface area contributed by atoms with Crippen molar-refractivity contribution in [1.82, 2.24) is 4.57 Å². The molecule has 19 heavy (non-hydrogen) atoms. The first-order valence-electron chi connectivity index (χ1n) is 6.07. The Kier molecular flexibility index (Phi) is 2.50. The fourth-order valence-corrected chi connectivity index (χ4v) is 3.85. The first kappa shape index (κ1) is 11.3. The highest BCUT2D eigenvalue weighted by Gasteiger charge is 2.12. The molecule has 0 atom stereocenters. The second-order valence-electron chi connectivity index (χ2n) is 4.47. The van der Waals surface area contributed by atoms with Gasteiger partial charge in [0.15, 0.2) is 0 Å². The van der Waals surface area contributed by atoms with Gasteiger partial charge < -0.3 is 4.57 Å². The van der Waals surface area contributed by atoms with Crippen LogP contribution in [0.2, 0.25) is 0 Å². The van der Waals surface area contributed by atoms with Crippen LogP contribution in [-0.2, 0) is 0 Å². The molecule has 0 amide bonds. The normalized spacial score (nSPS) is 11.4. The molecule has 0 saturated heterocycles. The zero-order valence-corrected chi connectivity index (χ0v) is 12.4. The molecule has 0 radical (unpaired) electrons. The summed E-state index contributed by atoms with van der Waals surface area (Å²) in [5, 5.41) is 4.78. The van der Waals surface area contributed by atoms with Crippen molar-refractivity contribution in [2.45, 2.75) is 0 Å². The Hall–Kier alpha value is -1.58. The fourth-order valence-electron chi connectivity index (χ4n) is 2.54. The van der Waals surface area contributed by atoms with Crippen molar-refractivity contribution in [3.05, 3.63) is 64.5 Å². The molecule has 4 aromatic rings. The Morgan fingerprint density at radius 1 is 0.895 bits per heavy atom. The van der Waals surface area contributed by atoms with Crippen molar-refractivity contribution in [2.75, 3.05) is 0 Å². The van der Waals surface area contributed by atoms with Crippen LogP contribution in [0.1, 0.15) is 0 Å². The van der Waals surface area contributed by atoms with Crippen molar-refractivity contribution in [3.8, 4) is 5.69 Å². The number of halogens is 1. The highest BCUT2D eigenvalue weighted by Crippen LogP contribution is 2.36. The van der Waals surface area contributed by atoms with Crippen molar-refractivity contribution < 1.29 is 0 Å². The third kappa shape index (κ3) is 1.66. The van der Waals surface area contributed by atoms with E-state index in [2.05, 4.69) is 80.5 Å². The predicted octanol–water partition coefficient (Wildman–Crippen LogP) is 5.61. The van der Waals surface area contributed by atoms with Crippen LogP contribution in [-0.4, -0.2) is 4.57 Å². The largest absolute Gasteiger partial charge is 0.301 e. The summed E-state index contributed by atoms with van der Waals surface area (Å²) in [4.78, 5) is 1.30. The topological polar surface area (TPSA) is 4.93 Å². The predicted molar refractivity (Wildman–Crippen MR) is 86.4 cm³/mol. The van der Waals surface area contributed by atoms with Crippen molar-refractivity contribution >= 4 is 48.4 Å². The lowest BCUT2D eigenvalue weighted by molar-refractivity contribution is 1.19. The number of nitrogens with zero attached hydrogens (tertiary/aromatic N) is 1. The van der Waals surface area contributed by atoms with E-state index in [0.29, 0.717) is 0 Å². The second-order valence-corrected chi connectivity index (χ2v) is 6.28. The smallest absolute Gasteiger partial charge is 0.108 e. The third-order valence-electron chi connectivity index (χ3n) is 3.35. The molecular formula is C16H10BrNS. The maximum atomic E-state index is 3.57. The molecule has 0 fully saturated rings. The van der Waals surface area contributed by atoms with Gasteiger partial charge in [0.25, 0.3) is 0 Å². The van der Waals surface area contributed by atoms with E-state index >= 15 is 0 Å². The van der Waals surface area contributed by atoms with Crippen LogP contribution in [0.15, 0.2) is 64.5 Å². The minimum absolute atomic E-state index is 1.12. The van der Waals surface area contributed by atoms with Crippen LogP contribution in [0.5, 0.6) is 0 Å². The maximum Gasteiger partial charge on any atom is 0.108 e. The van der Waals surface area contributed by atoms with Crippen LogP contribution in [0.25, 0.3) is 26.8 Å². The van der Waals surface area contributed by atoms with Gasteiger partial charge in [0, 0.05) is 20.9 Å². The quantitative estimate of drug-likeness (QED) is 0.428. The standard InChI is InChI=1S/C16H10BrNS/c17-11-6-7-15-14(10-11)13-8-9-19-16(13)18(15)12-4-2-1-3-5-12/h1-10H. The Morgan fingerprint density at radius 3 is 2.58 bits per heavy atom. The monoisotopic (exact) mass is 327 g/mol. The molecule has 3 heteroatoms. The molecule has 0 N–H and O–H groups in total. The molecule has 4 rings (SSSR count). The highest BCUT2D eigenvalue weighted by atomic mass is 79.9. The van der Waals surface area contributed by atoms with Gasteiger partial charge in [-0.1, -0.05) is 34.1 Å². The van der Waals surface area contributed by atoms with Gasteiger partial charge >= 0.3 is 0 Å². The first-order valence-corrected chi connectivity index (χ1v) is 7.74. The summed E-state index contributed by atoms with van der Waals surface area (Å²) < 4.78 is 3.46. The van der Waals surface area contributed by atoms with Gasteiger partial charge in [-0.05, 0) is 41.8 Å². The highest BCUT2D eigenvalue weighted by molar-refractivity contribution is 9.10. The molecule has 0 bridgehead atoms. The minimum Gasteiger partial charge on any atom is -0.301 e. The minimum atomic E-state index is 1.12. The van der Waals surface area contributed by atoms with Crippen LogP contribution >= 0.6 is 27.3 Å². The number of hydrogen-bond acceptors (Lipinski definition) is 1. The van der Waals surface area contributed by atoms with E-state index in [0.717, 1.165) is 4.47 Å². The first-order chi connectivity index (χ1) is 9.34. The molecular weight excluding hydrogens is 318 g/mol. The van der Waals surface area contributed by atoms with E-state index in [-0.39, 0.29) is 0 Å². The number of aromatic nitrogens is 1. The Morgan fingerprint density at radius 2 is 1.74 bits per heavy atom. The maximum absolute atomic E-state index is 3.57. The lowest BCUT2D eigenvalue weighted by Crippen LogP contribution is -1.91. The molecule has 92 valence electrons. The van der Waals surface area contributed by atoms with Gasteiger partial charge in [-0.25, -0.2) is 0 Å². The Labute approximate surface area is 123 Å². The molecule has 2 heterocycles. The molecule has 2 aromatic heterocycles. The lowest BCUT2D eigenvalue weighted by atomic mass is 10.2. The van der Waals surface area contributed by atoms with Crippen LogP contribution in [0, 0.1) is 0 Å². The zero-order chi connectivity index (χ0) is 12.8. The molecule has 0 aliphatic heterocycles. The summed E-state index contributed by atoms with van der Waals surface area (Å²) in [7, 11) is 0. The van der Waals surface area contributed by atoms with E-state index in [1.165, 1.54) is 26.8 Å². The molecule has 0 saturated carbocycles. The summed E-state index contributed by atoms with van der Waals surface area (Å²) >= 11 is 5.35. The van der Waals surface area contributed by atoms with Crippen LogP contribution in [0.3, 0.4) is 0 Å². The van der Waals surface area contributed by atoms with Gasteiger partial charge in [-0.2, -0.15) is 0 Å². The van der Waals surface area contributed by atoms with Crippen molar-refractivity contribution in [1.29, 1.82) is 0 Å². The number of rotatable bonds is 1. The molecule has 0 aliphatic carbocycles. The Bertz CT molecular complexity index is 874. The van der Waals surface area contributed by atoms with Gasteiger partial charge in [0.1, 0.15) is 4.83 Å². The summed E-state index contributed by atoms with van der Waals surface area (Å²) in [5.74, 6) is 0. The summed E-state index contributed by atoms with van der Waals surface area (Å²) in [6.07, 6.45) is 0. The number of hydrogen-bond donors (Lipinski definition) is 0. The molecule has 0 unspecified atom stereocenters. The van der Waals surface area contributed by atoms with E-state index in [4.69, 9.17) is 0 Å². The molecule has 0 aliphatic rings. The van der Waals surface area contributed by atoms with Gasteiger partial charge in [-0.15, -0.1) is 11.3 Å².